The zero-order valence-corrected chi connectivity index (χ0v) is 11.4. The predicted octanol–water partition coefficient (Wildman–Crippen LogP) is 2.36. The Hall–Kier alpha value is -2.04. The molecule has 0 aliphatic carbocycles. The molecule has 0 aliphatic rings. The fraction of sp³-hybridized carbons (Fsp3) is 0.429. The molecule has 0 spiro atoms. The average Bonchev–Trinajstić information content (AvgIpc) is 2.69. The summed E-state index contributed by atoms with van der Waals surface area (Å²) in [7, 11) is 0. The quantitative estimate of drug-likeness (QED) is 0.774. The minimum Gasteiger partial charge on any atom is -0.481 e. The standard InChI is InChI=1S/C14H19NO4/c1-10-4-5-11(19-10)6-7-12(16)15-14(2,3)9-8-13(17)18/h4-7H,8-9H2,1-3H3,(H,15,16)(H,17,18). The van der Waals surface area contributed by atoms with Gasteiger partial charge in [0.2, 0.25) is 5.91 Å². The van der Waals surface area contributed by atoms with Crippen molar-refractivity contribution in [2.45, 2.75) is 39.2 Å². The summed E-state index contributed by atoms with van der Waals surface area (Å²) >= 11 is 0. The van der Waals surface area contributed by atoms with Crippen LogP contribution in [-0.2, 0) is 9.59 Å². The van der Waals surface area contributed by atoms with Crippen LogP contribution in [0.1, 0.15) is 38.2 Å². The second-order valence-electron chi connectivity index (χ2n) is 5.05. The Balaban J connectivity index is 2.50. The van der Waals surface area contributed by atoms with Crippen molar-refractivity contribution >= 4 is 18.0 Å². The number of aryl methyl sites for hydroxylation is 1. The van der Waals surface area contributed by atoms with Gasteiger partial charge in [0.05, 0.1) is 0 Å². The highest BCUT2D eigenvalue weighted by Gasteiger charge is 2.20. The van der Waals surface area contributed by atoms with Crippen LogP contribution in [0, 0.1) is 6.92 Å². The van der Waals surface area contributed by atoms with Gasteiger partial charge in [-0.05, 0) is 45.4 Å². The number of carboxylic acids is 1. The molecule has 0 aromatic carbocycles. The van der Waals surface area contributed by atoms with Gasteiger partial charge in [0.1, 0.15) is 11.5 Å². The molecule has 5 nitrogen and oxygen atoms in total. The number of hydrogen-bond donors (Lipinski definition) is 2. The topological polar surface area (TPSA) is 79.5 Å². The fourth-order valence-corrected chi connectivity index (χ4v) is 1.56. The van der Waals surface area contributed by atoms with Gasteiger partial charge in [-0.1, -0.05) is 0 Å². The summed E-state index contributed by atoms with van der Waals surface area (Å²) in [6, 6.07) is 3.59. The molecule has 0 aliphatic heterocycles. The second-order valence-corrected chi connectivity index (χ2v) is 5.05. The lowest BCUT2D eigenvalue weighted by molar-refractivity contribution is -0.137. The molecule has 0 saturated carbocycles. The van der Waals surface area contributed by atoms with Crippen molar-refractivity contribution in [3.05, 3.63) is 29.7 Å². The van der Waals surface area contributed by atoms with E-state index in [1.54, 1.807) is 26.0 Å². The molecule has 0 fully saturated rings. The first kappa shape index (κ1) is 15.0. The van der Waals surface area contributed by atoms with Crippen LogP contribution >= 0.6 is 0 Å². The van der Waals surface area contributed by atoms with Gasteiger partial charge in [0.25, 0.3) is 0 Å². The molecule has 1 heterocycles. The second kappa shape index (κ2) is 6.22. The monoisotopic (exact) mass is 265 g/mol. The third kappa shape index (κ3) is 5.90. The van der Waals surface area contributed by atoms with Gasteiger partial charge in [0, 0.05) is 18.0 Å². The van der Waals surface area contributed by atoms with E-state index >= 15 is 0 Å². The average molecular weight is 265 g/mol. The fourth-order valence-electron chi connectivity index (χ4n) is 1.56. The molecule has 1 aromatic heterocycles. The maximum atomic E-state index is 11.7. The third-order valence-corrected chi connectivity index (χ3v) is 2.59. The normalized spacial score (nSPS) is 11.7. The molecule has 104 valence electrons. The van der Waals surface area contributed by atoms with Crippen molar-refractivity contribution < 1.29 is 19.1 Å². The number of carbonyl (C=O) groups is 2. The number of carboxylic acid groups (broad SMARTS) is 1. The van der Waals surface area contributed by atoms with Gasteiger partial charge in [-0.15, -0.1) is 0 Å². The summed E-state index contributed by atoms with van der Waals surface area (Å²) < 4.78 is 5.30. The molecule has 5 heteroatoms. The van der Waals surface area contributed by atoms with Crippen molar-refractivity contribution in [2.24, 2.45) is 0 Å². The lowest BCUT2D eigenvalue weighted by atomic mass is 9.98. The molecule has 0 atom stereocenters. The van der Waals surface area contributed by atoms with Crippen LogP contribution in [-0.4, -0.2) is 22.5 Å². The van der Waals surface area contributed by atoms with Gasteiger partial charge < -0.3 is 14.8 Å². The first-order valence-corrected chi connectivity index (χ1v) is 6.07. The number of hydrogen-bond acceptors (Lipinski definition) is 3. The maximum absolute atomic E-state index is 11.7. The number of rotatable bonds is 6. The first-order valence-electron chi connectivity index (χ1n) is 6.07. The molecule has 19 heavy (non-hydrogen) atoms. The van der Waals surface area contributed by atoms with Crippen LogP contribution in [0.25, 0.3) is 6.08 Å². The van der Waals surface area contributed by atoms with E-state index < -0.39 is 11.5 Å². The van der Waals surface area contributed by atoms with Gasteiger partial charge in [-0.25, -0.2) is 0 Å². The molecule has 0 bridgehead atoms. The summed E-state index contributed by atoms with van der Waals surface area (Å²) in [5, 5.41) is 11.4. The van der Waals surface area contributed by atoms with E-state index in [4.69, 9.17) is 9.52 Å². The number of nitrogens with one attached hydrogen (secondary N) is 1. The maximum Gasteiger partial charge on any atom is 0.303 e. The SMILES string of the molecule is Cc1ccc(C=CC(=O)NC(C)(C)CCC(=O)O)o1. The molecule has 0 radical (unpaired) electrons. The van der Waals surface area contributed by atoms with E-state index in [1.807, 2.05) is 13.0 Å². The lowest BCUT2D eigenvalue weighted by Gasteiger charge is -2.24. The summed E-state index contributed by atoms with van der Waals surface area (Å²) in [4.78, 5) is 22.2. The predicted molar refractivity (Wildman–Crippen MR) is 71.6 cm³/mol. The molecule has 0 unspecified atom stereocenters. The van der Waals surface area contributed by atoms with Crippen LogP contribution in [0.2, 0.25) is 0 Å². The largest absolute Gasteiger partial charge is 0.481 e. The Morgan fingerprint density at radius 1 is 1.42 bits per heavy atom. The van der Waals surface area contributed by atoms with E-state index in [-0.39, 0.29) is 12.3 Å². The van der Waals surface area contributed by atoms with E-state index in [9.17, 15) is 9.59 Å². The van der Waals surface area contributed by atoms with Gasteiger partial charge in [0.15, 0.2) is 0 Å². The van der Waals surface area contributed by atoms with Gasteiger partial charge in [-0.3, -0.25) is 9.59 Å². The van der Waals surface area contributed by atoms with Crippen molar-refractivity contribution in [1.82, 2.24) is 5.32 Å². The first-order chi connectivity index (χ1) is 8.78. The zero-order chi connectivity index (χ0) is 14.5. The van der Waals surface area contributed by atoms with Crippen LogP contribution < -0.4 is 5.32 Å². The Bertz CT molecular complexity index is 485. The number of carbonyl (C=O) groups excluding carboxylic acids is 1. The number of aliphatic carboxylic acids is 1. The van der Waals surface area contributed by atoms with Crippen LogP contribution in [0.4, 0.5) is 0 Å². The summed E-state index contributed by atoms with van der Waals surface area (Å²) in [5.74, 6) is 0.242. The number of furan rings is 1. The molecule has 0 saturated heterocycles. The molecule has 1 rings (SSSR count). The van der Waals surface area contributed by atoms with Crippen LogP contribution in [0.5, 0.6) is 0 Å². The Morgan fingerprint density at radius 3 is 2.63 bits per heavy atom. The summed E-state index contributed by atoms with van der Waals surface area (Å²) in [5.41, 5.74) is -0.557. The van der Waals surface area contributed by atoms with Crippen LogP contribution in [0.15, 0.2) is 22.6 Å². The molecular formula is C14H19NO4. The minimum atomic E-state index is -0.871. The Morgan fingerprint density at radius 2 is 2.11 bits per heavy atom. The molecule has 2 N–H and O–H groups in total. The third-order valence-electron chi connectivity index (χ3n) is 2.59. The van der Waals surface area contributed by atoms with Gasteiger partial charge >= 0.3 is 5.97 Å². The van der Waals surface area contributed by atoms with E-state index in [0.29, 0.717) is 12.2 Å². The van der Waals surface area contributed by atoms with E-state index in [0.717, 1.165) is 5.76 Å². The smallest absolute Gasteiger partial charge is 0.303 e. The van der Waals surface area contributed by atoms with Crippen molar-refractivity contribution in [2.75, 3.05) is 0 Å². The molecule has 1 aromatic rings. The Kier molecular flexibility index (Phi) is 4.92. The highest BCUT2D eigenvalue weighted by molar-refractivity contribution is 5.91. The van der Waals surface area contributed by atoms with Gasteiger partial charge in [-0.2, -0.15) is 0 Å². The summed E-state index contributed by atoms with van der Waals surface area (Å²) in [6.07, 6.45) is 3.35. The van der Waals surface area contributed by atoms with Crippen molar-refractivity contribution in [1.29, 1.82) is 0 Å². The molecular weight excluding hydrogens is 246 g/mol. The highest BCUT2D eigenvalue weighted by Crippen LogP contribution is 2.12. The van der Waals surface area contributed by atoms with E-state index in [1.165, 1.54) is 6.08 Å². The Labute approximate surface area is 112 Å². The van der Waals surface area contributed by atoms with Crippen molar-refractivity contribution in [3.63, 3.8) is 0 Å². The highest BCUT2D eigenvalue weighted by atomic mass is 16.4. The van der Waals surface area contributed by atoms with E-state index in [2.05, 4.69) is 5.32 Å². The lowest BCUT2D eigenvalue weighted by Crippen LogP contribution is -2.42. The zero-order valence-electron chi connectivity index (χ0n) is 11.4. The summed E-state index contributed by atoms with van der Waals surface area (Å²) in [6.45, 7) is 5.41. The van der Waals surface area contributed by atoms with Crippen LogP contribution in [0.3, 0.4) is 0 Å². The van der Waals surface area contributed by atoms with Crippen molar-refractivity contribution in [3.8, 4) is 0 Å². The molecule has 1 amide bonds. The minimum absolute atomic E-state index is 0.0222. The number of amides is 1.